The molecule has 0 saturated heterocycles. The molecule has 1 aliphatic rings. The minimum absolute atomic E-state index is 0.0581. The van der Waals surface area contributed by atoms with E-state index in [-0.39, 0.29) is 25.2 Å². The Labute approximate surface area is 113 Å². The maximum absolute atomic E-state index is 12.0. The van der Waals surface area contributed by atoms with Gasteiger partial charge in [0.1, 0.15) is 5.75 Å². The summed E-state index contributed by atoms with van der Waals surface area (Å²) in [4.78, 5) is 12.0. The van der Waals surface area contributed by atoms with Gasteiger partial charge >= 0.3 is 0 Å². The van der Waals surface area contributed by atoms with E-state index < -0.39 is 0 Å². The van der Waals surface area contributed by atoms with E-state index in [4.69, 9.17) is 9.84 Å². The molecule has 0 spiro atoms. The molecular weight excluding hydrogens is 242 g/mol. The summed E-state index contributed by atoms with van der Waals surface area (Å²) in [6.07, 6.45) is 6.02. The molecule has 1 aliphatic carbocycles. The summed E-state index contributed by atoms with van der Waals surface area (Å²) in [5.74, 6) is 0.449. The van der Waals surface area contributed by atoms with E-state index in [1.807, 2.05) is 18.2 Å². The lowest BCUT2D eigenvalue weighted by Gasteiger charge is -2.24. The van der Waals surface area contributed by atoms with Crippen LogP contribution in [0.1, 0.15) is 42.5 Å². The van der Waals surface area contributed by atoms with Gasteiger partial charge in [0.15, 0.2) is 0 Å². The summed E-state index contributed by atoms with van der Waals surface area (Å²) in [6, 6.07) is 7.29. The SMILES string of the molecule is O=C(NCCO)c1ccccc1OC1CCCCC1. The number of hydrogen-bond acceptors (Lipinski definition) is 3. The van der Waals surface area contributed by atoms with Crippen LogP contribution in [0.25, 0.3) is 0 Å². The van der Waals surface area contributed by atoms with E-state index in [9.17, 15) is 4.79 Å². The molecule has 1 aromatic carbocycles. The van der Waals surface area contributed by atoms with Crippen molar-refractivity contribution in [3.05, 3.63) is 29.8 Å². The van der Waals surface area contributed by atoms with Crippen LogP contribution in [0.5, 0.6) is 5.75 Å². The number of carbonyl (C=O) groups excluding carboxylic acids is 1. The Hall–Kier alpha value is -1.55. The van der Waals surface area contributed by atoms with E-state index in [2.05, 4.69) is 5.32 Å². The Bertz CT molecular complexity index is 414. The smallest absolute Gasteiger partial charge is 0.255 e. The number of nitrogens with one attached hydrogen (secondary N) is 1. The third kappa shape index (κ3) is 3.96. The zero-order valence-corrected chi connectivity index (χ0v) is 11.1. The summed E-state index contributed by atoms with van der Waals surface area (Å²) in [5, 5.41) is 11.4. The Balaban J connectivity index is 2.04. The van der Waals surface area contributed by atoms with Gasteiger partial charge in [-0.15, -0.1) is 0 Å². The third-order valence-corrected chi connectivity index (χ3v) is 3.37. The van der Waals surface area contributed by atoms with Gasteiger partial charge in [0.2, 0.25) is 0 Å². The highest BCUT2D eigenvalue weighted by atomic mass is 16.5. The first-order chi connectivity index (χ1) is 9.31. The molecule has 0 atom stereocenters. The summed E-state index contributed by atoms with van der Waals surface area (Å²) in [6.45, 7) is 0.202. The maximum Gasteiger partial charge on any atom is 0.255 e. The average molecular weight is 263 g/mol. The normalized spacial score (nSPS) is 16.1. The van der Waals surface area contributed by atoms with Crippen molar-refractivity contribution in [1.82, 2.24) is 5.32 Å². The van der Waals surface area contributed by atoms with Crippen molar-refractivity contribution < 1.29 is 14.6 Å². The molecule has 0 radical (unpaired) electrons. The summed E-state index contributed by atoms with van der Waals surface area (Å²) in [5.41, 5.74) is 0.543. The standard InChI is InChI=1S/C15H21NO3/c17-11-10-16-15(18)13-8-4-5-9-14(13)19-12-6-2-1-3-7-12/h4-5,8-9,12,17H,1-3,6-7,10-11H2,(H,16,18). The number of para-hydroxylation sites is 1. The third-order valence-electron chi connectivity index (χ3n) is 3.37. The van der Waals surface area contributed by atoms with E-state index in [1.54, 1.807) is 6.07 Å². The van der Waals surface area contributed by atoms with Gasteiger partial charge in [0.05, 0.1) is 18.3 Å². The van der Waals surface area contributed by atoms with Crippen molar-refractivity contribution in [2.24, 2.45) is 0 Å². The number of rotatable bonds is 5. The first kappa shape index (κ1) is 13.9. The van der Waals surface area contributed by atoms with Crippen molar-refractivity contribution in [2.75, 3.05) is 13.2 Å². The van der Waals surface area contributed by atoms with Crippen LogP contribution in [0.4, 0.5) is 0 Å². The molecule has 19 heavy (non-hydrogen) atoms. The predicted octanol–water partition coefficient (Wildman–Crippen LogP) is 2.12. The number of aliphatic hydroxyl groups excluding tert-OH is 1. The lowest BCUT2D eigenvalue weighted by atomic mass is 9.97. The number of amides is 1. The van der Waals surface area contributed by atoms with Crippen molar-refractivity contribution in [1.29, 1.82) is 0 Å². The molecule has 4 nitrogen and oxygen atoms in total. The van der Waals surface area contributed by atoms with Crippen LogP contribution in [0, 0.1) is 0 Å². The van der Waals surface area contributed by atoms with Crippen LogP contribution >= 0.6 is 0 Å². The molecule has 1 aromatic rings. The number of carbonyl (C=O) groups is 1. The van der Waals surface area contributed by atoms with Crippen molar-refractivity contribution in [2.45, 2.75) is 38.2 Å². The highest BCUT2D eigenvalue weighted by molar-refractivity contribution is 5.96. The van der Waals surface area contributed by atoms with Gasteiger partial charge in [-0.1, -0.05) is 18.6 Å². The highest BCUT2D eigenvalue weighted by Crippen LogP contribution is 2.25. The molecular formula is C15H21NO3. The van der Waals surface area contributed by atoms with Crippen molar-refractivity contribution in [3.8, 4) is 5.75 Å². The van der Waals surface area contributed by atoms with Crippen molar-refractivity contribution in [3.63, 3.8) is 0 Å². The minimum Gasteiger partial charge on any atom is -0.490 e. The number of ether oxygens (including phenoxy) is 1. The maximum atomic E-state index is 12.0. The Morgan fingerprint density at radius 2 is 2.00 bits per heavy atom. The first-order valence-corrected chi connectivity index (χ1v) is 6.96. The molecule has 0 bridgehead atoms. The zero-order chi connectivity index (χ0) is 13.5. The zero-order valence-electron chi connectivity index (χ0n) is 11.1. The lowest BCUT2D eigenvalue weighted by Crippen LogP contribution is -2.28. The second kappa shape index (κ2) is 7.14. The molecule has 2 N–H and O–H groups in total. The van der Waals surface area contributed by atoms with Gasteiger partial charge in [0, 0.05) is 6.54 Å². The molecule has 2 rings (SSSR count). The highest BCUT2D eigenvalue weighted by Gasteiger charge is 2.18. The van der Waals surface area contributed by atoms with Gasteiger partial charge in [-0.25, -0.2) is 0 Å². The molecule has 0 aliphatic heterocycles. The van der Waals surface area contributed by atoms with Crippen LogP contribution in [-0.4, -0.2) is 30.3 Å². The van der Waals surface area contributed by atoms with Gasteiger partial charge in [-0.3, -0.25) is 4.79 Å². The lowest BCUT2D eigenvalue weighted by molar-refractivity contribution is 0.0933. The Kier molecular flexibility index (Phi) is 5.21. The van der Waals surface area contributed by atoms with E-state index in [1.165, 1.54) is 19.3 Å². The Morgan fingerprint density at radius 3 is 2.74 bits per heavy atom. The molecule has 104 valence electrons. The van der Waals surface area contributed by atoms with Gasteiger partial charge in [0.25, 0.3) is 5.91 Å². The summed E-state index contributed by atoms with van der Waals surface area (Å²) >= 11 is 0. The summed E-state index contributed by atoms with van der Waals surface area (Å²) < 4.78 is 5.96. The van der Waals surface area contributed by atoms with Crippen LogP contribution in [0.15, 0.2) is 24.3 Å². The monoisotopic (exact) mass is 263 g/mol. The largest absolute Gasteiger partial charge is 0.490 e. The van der Waals surface area contributed by atoms with Crippen molar-refractivity contribution >= 4 is 5.91 Å². The fraction of sp³-hybridized carbons (Fsp3) is 0.533. The molecule has 1 saturated carbocycles. The molecule has 4 heteroatoms. The number of benzene rings is 1. The van der Waals surface area contributed by atoms with Crippen LogP contribution in [0.3, 0.4) is 0 Å². The summed E-state index contributed by atoms with van der Waals surface area (Å²) in [7, 11) is 0. The van der Waals surface area contributed by atoms with Crippen LogP contribution in [-0.2, 0) is 0 Å². The average Bonchev–Trinajstić information content (AvgIpc) is 2.46. The number of aliphatic hydroxyl groups is 1. The van der Waals surface area contributed by atoms with Crippen LogP contribution in [0.2, 0.25) is 0 Å². The fourth-order valence-electron chi connectivity index (χ4n) is 2.38. The second-order valence-electron chi connectivity index (χ2n) is 4.85. The molecule has 0 unspecified atom stereocenters. The molecule has 1 amide bonds. The van der Waals surface area contributed by atoms with E-state index in [0.717, 1.165) is 12.8 Å². The van der Waals surface area contributed by atoms with Gasteiger partial charge in [-0.2, -0.15) is 0 Å². The molecule has 0 heterocycles. The first-order valence-electron chi connectivity index (χ1n) is 6.96. The fourth-order valence-corrected chi connectivity index (χ4v) is 2.38. The number of hydrogen-bond donors (Lipinski definition) is 2. The van der Waals surface area contributed by atoms with Gasteiger partial charge in [-0.05, 0) is 37.8 Å². The van der Waals surface area contributed by atoms with E-state index >= 15 is 0 Å². The molecule has 0 aromatic heterocycles. The molecule has 1 fully saturated rings. The minimum atomic E-state index is -0.194. The predicted molar refractivity (Wildman–Crippen MR) is 73.4 cm³/mol. The second-order valence-corrected chi connectivity index (χ2v) is 4.85. The van der Waals surface area contributed by atoms with Gasteiger partial charge < -0.3 is 15.2 Å². The van der Waals surface area contributed by atoms with E-state index in [0.29, 0.717) is 11.3 Å². The quantitative estimate of drug-likeness (QED) is 0.855. The topological polar surface area (TPSA) is 58.6 Å². The Morgan fingerprint density at radius 1 is 1.26 bits per heavy atom. The van der Waals surface area contributed by atoms with Crippen LogP contribution < -0.4 is 10.1 Å².